The molecule has 1 atom stereocenters. The van der Waals surface area contributed by atoms with E-state index in [0.717, 1.165) is 0 Å². The Morgan fingerprint density at radius 2 is 2.03 bits per heavy atom. The minimum atomic E-state index is -0.554. The second-order valence-corrected chi connectivity index (χ2v) is 7.24. The average Bonchev–Trinajstić information content (AvgIpc) is 3.48. The van der Waals surface area contributed by atoms with E-state index in [4.69, 9.17) is 9.47 Å². The predicted molar refractivity (Wildman–Crippen MR) is 106 cm³/mol. The Labute approximate surface area is 175 Å². The molecule has 0 bridgehead atoms. The summed E-state index contributed by atoms with van der Waals surface area (Å²) in [4.78, 5) is 26.9. The summed E-state index contributed by atoms with van der Waals surface area (Å²) >= 11 is 0. The van der Waals surface area contributed by atoms with Crippen molar-refractivity contribution in [3.8, 4) is 17.2 Å². The first-order valence-corrected chi connectivity index (χ1v) is 9.55. The molecule has 5 rings (SSSR count). The maximum absolute atomic E-state index is 14.2. The number of benzene rings is 2. The van der Waals surface area contributed by atoms with Crippen molar-refractivity contribution in [2.45, 2.75) is 13.3 Å². The Bertz CT molecular complexity index is 1200. The lowest BCUT2D eigenvalue weighted by Gasteiger charge is -2.17. The molecule has 1 saturated heterocycles. The van der Waals surface area contributed by atoms with Gasteiger partial charge in [-0.15, -0.1) is 5.10 Å². The fraction of sp³-hybridized carbons (Fsp3) is 0.250. The van der Waals surface area contributed by atoms with Crippen LogP contribution < -0.4 is 19.7 Å². The summed E-state index contributed by atoms with van der Waals surface area (Å²) in [6.07, 6.45) is 0.0699. The molecule has 1 fully saturated rings. The Kier molecular flexibility index (Phi) is 4.50. The maximum Gasteiger partial charge on any atom is 0.231 e. The molecule has 1 aromatic heterocycles. The number of aromatic nitrogens is 4. The number of nitrogens with one attached hydrogen (secondary N) is 1. The van der Waals surface area contributed by atoms with Crippen molar-refractivity contribution < 1.29 is 23.5 Å². The first kappa shape index (κ1) is 19.0. The van der Waals surface area contributed by atoms with Gasteiger partial charge in [0, 0.05) is 30.4 Å². The Morgan fingerprint density at radius 1 is 1.19 bits per heavy atom. The van der Waals surface area contributed by atoms with Crippen molar-refractivity contribution >= 4 is 23.2 Å². The van der Waals surface area contributed by atoms with E-state index in [1.807, 2.05) is 0 Å². The Morgan fingerprint density at radius 3 is 2.84 bits per heavy atom. The second kappa shape index (κ2) is 7.35. The number of anilines is 2. The largest absolute Gasteiger partial charge is 0.454 e. The van der Waals surface area contributed by atoms with Crippen LogP contribution in [0.25, 0.3) is 5.69 Å². The van der Waals surface area contributed by atoms with Gasteiger partial charge in [0.05, 0.1) is 5.92 Å². The molecular weight excluding hydrogens is 407 g/mol. The van der Waals surface area contributed by atoms with Crippen LogP contribution >= 0.6 is 0 Å². The number of ether oxygens (including phenoxy) is 2. The highest BCUT2D eigenvalue weighted by molar-refractivity contribution is 6.03. The van der Waals surface area contributed by atoms with Gasteiger partial charge < -0.3 is 19.7 Å². The lowest BCUT2D eigenvalue weighted by molar-refractivity contribution is -0.122. The third-order valence-corrected chi connectivity index (χ3v) is 5.23. The van der Waals surface area contributed by atoms with Gasteiger partial charge in [-0.1, -0.05) is 0 Å². The van der Waals surface area contributed by atoms with Gasteiger partial charge in [0.15, 0.2) is 17.3 Å². The number of rotatable bonds is 4. The highest BCUT2D eigenvalue weighted by atomic mass is 19.1. The molecule has 0 spiro atoms. The molecule has 2 aliphatic rings. The topological polar surface area (TPSA) is 111 Å². The fourth-order valence-electron chi connectivity index (χ4n) is 3.64. The van der Waals surface area contributed by atoms with Gasteiger partial charge in [-0.25, -0.2) is 4.39 Å². The predicted octanol–water partition coefficient (Wildman–Crippen LogP) is 1.83. The number of amides is 2. The number of nitrogens with zero attached hydrogens (tertiary/aromatic N) is 5. The molecule has 3 aromatic rings. The van der Waals surface area contributed by atoms with Crippen molar-refractivity contribution in [2.24, 2.45) is 5.92 Å². The van der Waals surface area contributed by atoms with Crippen molar-refractivity contribution in [3.63, 3.8) is 0 Å². The molecule has 2 aromatic carbocycles. The van der Waals surface area contributed by atoms with E-state index in [-0.39, 0.29) is 37.3 Å². The zero-order valence-electron chi connectivity index (χ0n) is 16.4. The zero-order chi connectivity index (χ0) is 21.5. The van der Waals surface area contributed by atoms with E-state index in [1.165, 1.54) is 22.9 Å². The smallest absolute Gasteiger partial charge is 0.231 e. The van der Waals surface area contributed by atoms with Gasteiger partial charge in [-0.2, -0.15) is 4.68 Å². The minimum absolute atomic E-state index is 0.0699. The number of fused-ring (bicyclic) bond motifs is 1. The number of aryl methyl sites for hydroxylation is 1. The van der Waals surface area contributed by atoms with E-state index in [1.54, 1.807) is 30.0 Å². The van der Waals surface area contributed by atoms with Crippen molar-refractivity contribution in [1.82, 2.24) is 20.2 Å². The number of hydrogen-bond acceptors (Lipinski definition) is 7. The average molecular weight is 424 g/mol. The molecule has 31 heavy (non-hydrogen) atoms. The molecule has 0 saturated carbocycles. The van der Waals surface area contributed by atoms with Crippen LogP contribution in [0.15, 0.2) is 36.4 Å². The summed E-state index contributed by atoms with van der Waals surface area (Å²) in [5, 5.41) is 13.8. The van der Waals surface area contributed by atoms with E-state index in [9.17, 15) is 14.0 Å². The summed E-state index contributed by atoms with van der Waals surface area (Å²) in [6, 6.07) is 9.34. The molecule has 0 aliphatic carbocycles. The standard InChI is InChI=1S/C20H17FN6O4/c1-11-23-24-25-27(11)16-7-13(2-4-15(16)21)22-20(29)12-6-19(28)26(9-12)14-3-5-17-18(8-14)31-10-30-17/h2-5,7-8,12H,6,9-10H2,1H3,(H,22,29). The quantitative estimate of drug-likeness (QED) is 0.680. The zero-order valence-corrected chi connectivity index (χ0v) is 16.4. The number of hydrogen-bond donors (Lipinski definition) is 1. The van der Waals surface area contributed by atoms with Crippen LogP contribution in [0.5, 0.6) is 11.5 Å². The van der Waals surface area contributed by atoms with Crippen LogP contribution in [0.2, 0.25) is 0 Å². The summed E-state index contributed by atoms with van der Waals surface area (Å²) < 4.78 is 26.1. The fourth-order valence-corrected chi connectivity index (χ4v) is 3.64. The molecule has 2 aliphatic heterocycles. The number of carbonyl (C=O) groups excluding carboxylic acids is 2. The lowest BCUT2D eigenvalue weighted by atomic mass is 10.1. The number of halogens is 1. The Hall–Kier alpha value is -4.02. The second-order valence-electron chi connectivity index (χ2n) is 7.24. The van der Waals surface area contributed by atoms with Gasteiger partial charge in [-0.3, -0.25) is 9.59 Å². The van der Waals surface area contributed by atoms with Crippen LogP contribution in [0.1, 0.15) is 12.2 Å². The molecule has 11 heteroatoms. The molecule has 0 radical (unpaired) electrons. The highest BCUT2D eigenvalue weighted by Gasteiger charge is 2.35. The third-order valence-electron chi connectivity index (χ3n) is 5.23. The van der Waals surface area contributed by atoms with E-state index in [2.05, 4.69) is 20.8 Å². The van der Waals surface area contributed by atoms with Gasteiger partial charge in [0.2, 0.25) is 18.6 Å². The minimum Gasteiger partial charge on any atom is -0.454 e. The summed E-state index contributed by atoms with van der Waals surface area (Å²) in [7, 11) is 0. The molecular formula is C20H17FN6O4. The molecule has 158 valence electrons. The summed E-state index contributed by atoms with van der Waals surface area (Å²) in [6.45, 7) is 2.01. The SMILES string of the molecule is Cc1nnnn1-c1cc(NC(=O)C2CC(=O)N(c3ccc4c(c3)OCO4)C2)ccc1F. The Balaban J connectivity index is 1.31. The van der Waals surface area contributed by atoms with Gasteiger partial charge in [0.25, 0.3) is 0 Å². The van der Waals surface area contributed by atoms with Crippen LogP contribution in [0.4, 0.5) is 15.8 Å². The monoisotopic (exact) mass is 424 g/mol. The summed E-state index contributed by atoms with van der Waals surface area (Å²) in [5.74, 6) is 0.0121. The van der Waals surface area contributed by atoms with E-state index in [0.29, 0.717) is 28.7 Å². The third kappa shape index (κ3) is 3.43. The van der Waals surface area contributed by atoms with Crippen molar-refractivity contribution in [2.75, 3.05) is 23.6 Å². The summed E-state index contributed by atoms with van der Waals surface area (Å²) in [5.41, 5.74) is 1.14. The number of carbonyl (C=O) groups is 2. The molecule has 1 N–H and O–H groups in total. The number of tetrazole rings is 1. The van der Waals surface area contributed by atoms with Crippen molar-refractivity contribution in [3.05, 3.63) is 48.0 Å². The molecule has 10 nitrogen and oxygen atoms in total. The van der Waals surface area contributed by atoms with Crippen LogP contribution in [-0.2, 0) is 9.59 Å². The van der Waals surface area contributed by atoms with Crippen LogP contribution in [0.3, 0.4) is 0 Å². The maximum atomic E-state index is 14.2. The van der Waals surface area contributed by atoms with E-state index < -0.39 is 11.7 Å². The molecule has 1 unspecified atom stereocenters. The normalized spacial score (nSPS) is 17.3. The van der Waals surface area contributed by atoms with Crippen LogP contribution in [0, 0.1) is 18.7 Å². The lowest BCUT2D eigenvalue weighted by Crippen LogP contribution is -2.28. The van der Waals surface area contributed by atoms with Gasteiger partial charge in [-0.05, 0) is 47.7 Å². The van der Waals surface area contributed by atoms with Crippen LogP contribution in [-0.4, -0.2) is 45.4 Å². The molecule has 2 amide bonds. The molecule has 3 heterocycles. The highest BCUT2D eigenvalue weighted by Crippen LogP contribution is 2.37. The van der Waals surface area contributed by atoms with E-state index >= 15 is 0 Å². The van der Waals surface area contributed by atoms with Gasteiger partial charge in [0.1, 0.15) is 11.5 Å². The van der Waals surface area contributed by atoms with Crippen molar-refractivity contribution in [1.29, 1.82) is 0 Å². The first-order valence-electron chi connectivity index (χ1n) is 9.55. The van der Waals surface area contributed by atoms with Gasteiger partial charge >= 0.3 is 0 Å². The first-order chi connectivity index (χ1) is 15.0.